The van der Waals surface area contributed by atoms with Gasteiger partial charge in [-0.15, -0.1) is 0 Å². The van der Waals surface area contributed by atoms with Crippen molar-refractivity contribution in [1.29, 1.82) is 0 Å². The Hall–Kier alpha value is -2.82. The van der Waals surface area contributed by atoms with E-state index in [4.69, 9.17) is 4.74 Å². The van der Waals surface area contributed by atoms with Crippen molar-refractivity contribution >= 4 is 11.8 Å². The van der Waals surface area contributed by atoms with E-state index in [0.717, 1.165) is 37.9 Å². The number of carbonyl (C=O) groups excluding carboxylic acids is 2. The highest BCUT2D eigenvalue weighted by Crippen LogP contribution is 2.21. The molecule has 28 heavy (non-hydrogen) atoms. The summed E-state index contributed by atoms with van der Waals surface area (Å²) in [5.41, 5.74) is 2.49. The Bertz CT molecular complexity index is 766. The molecule has 0 spiro atoms. The molecular formula is C23H28N2O3. The molecule has 3 rings (SSSR count). The minimum Gasteiger partial charge on any atom is -0.484 e. The Morgan fingerprint density at radius 3 is 2.39 bits per heavy atom. The number of nitrogens with zero attached hydrogens (tertiary/aromatic N) is 1. The maximum Gasteiger partial charge on any atom is 0.258 e. The number of nitrogens with one attached hydrogen (secondary N) is 1. The quantitative estimate of drug-likeness (QED) is 0.803. The van der Waals surface area contributed by atoms with Gasteiger partial charge in [0.25, 0.3) is 5.91 Å². The summed E-state index contributed by atoms with van der Waals surface area (Å²) in [6, 6.07) is 18.0. The van der Waals surface area contributed by atoms with Crippen LogP contribution in [0.2, 0.25) is 0 Å². The first-order valence-electron chi connectivity index (χ1n) is 9.88. The third-order valence-electron chi connectivity index (χ3n) is 5.16. The Balaban J connectivity index is 1.34. The maximum atomic E-state index is 12.3. The summed E-state index contributed by atoms with van der Waals surface area (Å²) < 4.78 is 5.43. The van der Waals surface area contributed by atoms with Crippen LogP contribution in [0.4, 0.5) is 0 Å². The lowest BCUT2D eigenvalue weighted by Gasteiger charge is -2.32. The second-order valence-corrected chi connectivity index (χ2v) is 7.39. The van der Waals surface area contributed by atoms with Gasteiger partial charge in [0.2, 0.25) is 5.91 Å². The van der Waals surface area contributed by atoms with E-state index < -0.39 is 0 Å². The molecule has 0 radical (unpaired) electrons. The molecule has 1 fully saturated rings. The molecule has 1 aliphatic heterocycles. The number of benzene rings is 2. The summed E-state index contributed by atoms with van der Waals surface area (Å²) >= 11 is 0. The first kappa shape index (κ1) is 19.9. The molecule has 0 aliphatic carbocycles. The number of likely N-dealkylation sites (tertiary alicyclic amines) is 1. The molecule has 2 aromatic rings. The van der Waals surface area contributed by atoms with E-state index in [9.17, 15) is 9.59 Å². The van der Waals surface area contributed by atoms with Crippen LogP contribution in [-0.4, -0.2) is 43.0 Å². The van der Waals surface area contributed by atoms with Crippen LogP contribution in [-0.2, 0) is 16.0 Å². The van der Waals surface area contributed by atoms with E-state index in [1.54, 1.807) is 0 Å². The highest BCUT2D eigenvalue weighted by atomic mass is 16.5. The number of aryl methyl sites for hydroxylation is 1. The number of rotatable bonds is 7. The van der Waals surface area contributed by atoms with E-state index in [-0.39, 0.29) is 25.0 Å². The van der Waals surface area contributed by atoms with Crippen LogP contribution in [0.25, 0.3) is 0 Å². The van der Waals surface area contributed by atoms with Crippen molar-refractivity contribution in [3.63, 3.8) is 0 Å². The van der Waals surface area contributed by atoms with E-state index in [2.05, 4.69) is 29.6 Å². The highest BCUT2D eigenvalue weighted by molar-refractivity contribution is 5.85. The molecule has 5 nitrogen and oxygen atoms in total. The van der Waals surface area contributed by atoms with E-state index in [1.165, 1.54) is 5.56 Å². The number of amides is 2. The average molecular weight is 380 g/mol. The van der Waals surface area contributed by atoms with Crippen LogP contribution in [0.3, 0.4) is 0 Å². The fourth-order valence-corrected chi connectivity index (χ4v) is 3.45. The van der Waals surface area contributed by atoms with Crippen LogP contribution < -0.4 is 10.1 Å². The molecule has 1 N–H and O–H groups in total. The van der Waals surface area contributed by atoms with Gasteiger partial charge < -0.3 is 15.0 Å². The second kappa shape index (κ2) is 9.93. The van der Waals surface area contributed by atoms with Gasteiger partial charge in [-0.05, 0) is 49.8 Å². The molecule has 0 unspecified atom stereocenters. The van der Waals surface area contributed by atoms with Crippen LogP contribution >= 0.6 is 0 Å². The molecule has 2 amide bonds. The third kappa shape index (κ3) is 6.12. The Morgan fingerprint density at radius 1 is 1.04 bits per heavy atom. The summed E-state index contributed by atoms with van der Waals surface area (Å²) in [5.74, 6) is 0.950. The molecule has 0 saturated carbocycles. The van der Waals surface area contributed by atoms with Crippen molar-refractivity contribution in [1.82, 2.24) is 10.2 Å². The van der Waals surface area contributed by atoms with Gasteiger partial charge in [0.1, 0.15) is 5.75 Å². The fraction of sp³-hybridized carbons (Fsp3) is 0.391. The topological polar surface area (TPSA) is 58.6 Å². The normalized spacial score (nSPS) is 14.5. The van der Waals surface area contributed by atoms with Crippen molar-refractivity contribution in [2.45, 2.75) is 26.2 Å². The van der Waals surface area contributed by atoms with Gasteiger partial charge in [-0.25, -0.2) is 0 Å². The second-order valence-electron chi connectivity index (χ2n) is 7.39. The zero-order valence-corrected chi connectivity index (χ0v) is 16.4. The molecule has 2 aromatic carbocycles. The van der Waals surface area contributed by atoms with Crippen LogP contribution in [0.5, 0.6) is 5.75 Å². The standard InChI is InChI=1S/C23H28N2O3/c1-18-7-9-21(10-8-18)28-17-22(26)24-16-23(27)25-13-11-20(12-14-25)15-19-5-3-2-4-6-19/h2-10,20H,11-17H2,1H3,(H,24,26). The van der Waals surface area contributed by atoms with Gasteiger partial charge in [-0.2, -0.15) is 0 Å². The van der Waals surface area contributed by atoms with Gasteiger partial charge in [0, 0.05) is 13.1 Å². The molecule has 0 atom stereocenters. The van der Waals surface area contributed by atoms with Crippen LogP contribution in [0, 0.1) is 12.8 Å². The largest absolute Gasteiger partial charge is 0.484 e. The number of carbonyl (C=O) groups is 2. The first-order valence-corrected chi connectivity index (χ1v) is 9.88. The zero-order valence-electron chi connectivity index (χ0n) is 16.4. The Kier molecular flexibility index (Phi) is 7.06. The number of ether oxygens (including phenoxy) is 1. The minimum absolute atomic E-state index is 0.0261. The average Bonchev–Trinajstić information content (AvgIpc) is 2.73. The zero-order chi connectivity index (χ0) is 19.8. The van der Waals surface area contributed by atoms with E-state index in [0.29, 0.717) is 11.7 Å². The monoisotopic (exact) mass is 380 g/mol. The Labute approximate surface area is 166 Å². The van der Waals surface area contributed by atoms with Crippen molar-refractivity contribution in [2.24, 2.45) is 5.92 Å². The molecule has 148 valence electrons. The molecule has 0 aromatic heterocycles. The van der Waals surface area contributed by atoms with Crippen molar-refractivity contribution in [3.05, 3.63) is 65.7 Å². The lowest BCUT2D eigenvalue weighted by atomic mass is 9.90. The van der Waals surface area contributed by atoms with Crippen molar-refractivity contribution in [2.75, 3.05) is 26.2 Å². The predicted octanol–water partition coefficient (Wildman–Crippen LogP) is 2.97. The molecule has 0 bridgehead atoms. The molecule has 5 heteroatoms. The Morgan fingerprint density at radius 2 is 1.71 bits per heavy atom. The van der Waals surface area contributed by atoms with Gasteiger partial charge in [-0.3, -0.25) is 9.59 Å². The van der Waals surface area contributed by atoms with Crippen molar-refractivity contribution in [3.8, 4) is 5.75 Å². The van der Waals surface area contributed by atoms with E-state index >= 15 is 0 Å². The predicted molar refractivity (Wildman–Crippen MR) is 109 cm³/mol. The summed E-state index contributed by atoms with van der Waals surface area (Å²) in [6.07, 6.45) is 3.08. The first-order chi connectivity index (χ1) is 13.6. The number of piperidine rings is 1. The molecule has 1 heterocycles. The molecule has 1 saturated heterocycles. The number of hydrogen-bond acceptors (Lipinski definition) is 3. The summed E-state index contributed by atoms with van der Waals surface area (Å²) in [6.45, 7) is 3.44. The highest BCUT2D eigenvalue weighted by Gasteiger charge is 2.23. The fourth-order valence-electron chi connectivity index (χ4n) is 3.45. The molecular weight excluding hydrogens is 352 g/mol. The SMILES string of the molecule is Cc1ccc(OCC(=O)NCC(=O)N2CCC(Cc3ccccc3)CC2)cc1. The number of hydrogen-bond donors (Lipinski definition) is 1. The minimum atomic E-state index is -0.284. The van der Waals surface area contributed by atoms with Crippen molar-refractivity contribution < 1.29 is 14.3 Å². The van der Waals surface area contributed by atoms with Crippen LogP contribution in [0.15, 0.2) is 54.6 Å². The lowest BCUT2D eigenvalue weighted by molar-refractivity contribution is -0.134. The van der Waals surface area contributed by atoms with Crippen LogP contribution in [0.1, 0.15) is 24.0 Å². The van der Waals surface area contributed by atoms with Gasteiger partial charge in [0.15, 0.2) is 6.61 Å². The van der Waals surface area contributed by atoms with E-state index in [1.807, 2.05) is 42.2 Å². The summed E-state index contributed by atoms with van der Waals surface area (Å²) in [4.78, 5) is 26.1. The maximum absolute atomic E-state index is 12.3. The van der Waals surface area contributed by atoms with Gasteiger partial charge in [0.05, 0.1) is 6.54 Å². The van der Waals surface area contributed by atoms with Gasteiger partial charge in [-0.1, -0.05) is 48.0 Å². The lowest BCUT2D eigenvalue weighted by Crippen LogP contribution is -2.45. The molecule has 1 aliphatic rings. The summed E-state index contributed by atoms with van der Waals surface area (Å²) in [5, 5.41) is 2.66. The smallest absolute Gasteiger partial charge is 0.258 e. The van der Waals surface area contributed by atoms with Gasteiger partial charge >= 0.3 is 0 Å². The third-order valence-corrected chi connectivity index (χ3v) is 5.16. The summed E-state index contributed by atoms with van der Waals surface area (Å²) in [7, 11) is 0.